The SMILES string of the molecule is COc1ccc(/C(O)=C2\C(=O)C(=O)N(c3ccc(F)cc3)C2c2cccc(Oc3ccccc3)c2)cc1Br. The molecule has 1 heterocycles. The quantitative estimate of drug-likeness (QED) is 0.152. The maximum absolute atomic E-state index is 13.7. The minimum Gasteiger partial charge on any atom is -0.507 e. The first-order chi connectivity index (χ1) is 18.4. The number of hydrogen-bond donors (Lipinski definition) is 1. The highest BCUT2D eigenvalue weighted by Crippen LogP contribution is 2.43. The van der Waals surface area contributed by atoms with Gasteiger partial charge in [-0.1, -0.05) is 30.3 Å². The number of benzene rings is 4. The van der Waals surface area contributed by atoms with Gasteiger partial charge < -0.3 is 14.6 Å². The highest BCUT2D eigenvalue weighted by molar-refractivity contribution is 9.10. The molecule has 1 fully saturated rings. The van der Waals surface area contributed by atoms with Gasteiger partial charge >= 0.3 is 0 Å². The number of para-hydroxylation sites is 1. The highest BCUT2D eigenvalue weighted by Gasteiger charge is 2.47. The normalized spacial score (nSPS) is 16.5. The maximum atomic E-state index is 13.7. The second kappa shape index (κ2) is 10.5. The van der Waals surface area contributed by atoms with Gasteiger partial charge in [0.25, 0.3) is 11.7 Å². The number of carbonyl (C=O) groups excluding carboxylic acids is 2. The van der Waals surface area contributed by atoms with Crippen molar-refractivity contribution in [3.8, 4) is 17.2 Å². The van der Waals surface area contributed by atoms with Gasteiger partial charge in [-0.15, -0.1) is 0 Å². The van der Waals surface area contributed by atoms with Crippen molar-refractivity contribution in [3.05, 3.63) is 124 Å². The summed E-state index contributed by atoms with van der Waals surface area (Å²) in [6.45, 7) is 0. The molecule has 0 bridgehead atoms. The lowest BCUT2D eigenvalue weighted by Crippen LogP contribution is -2.29. The van der Waals surface area contributed by atoms with E-state index in [2.05, 4.69) is 15.9 Å². The van der Waals surface area contributed by atoms with Crippen LogP contribution in [0.1, 0.15) is 17.2 Å². The van der Waals surface area contributed by atoms with Crippen LogP contribution < -0.4 is 14.4 Å². The Kier molecular flexibility index (Phi) is 6.98. The van der Waals surface area contributed by atoms with Crippen LogP contribution in [0.15, 0.2) is 107 Å². The van der Waals surface area contributed by atoms with Crippen molar-refractivity contribution in [1.29, 1.82) is 0 Å². The second-order valence-corrected chi connectivity index (χ2v) is 9.34. The van der Waals surface area contributed by atoms with Crippen LogP contribution in [-0.2, 0) is 9.59 Å². The number of Topliss-reactive ketones (excluding diaryl/α,β-unsaturated/α-hetero) is 1. The van der Waals surface area contributed by atoms with Crippen LogP contribution >= 0.6 is 15.9 Å². The number of methoxy groups -OCH3 is 1. The molecule has 1 aliphatic rings. The molecule has 1 aliphatic heterocycles. The second-order valence-electron chi connectivity index (χ2n) is 8.48. The number of aliphatic hydroxyl groups excluding tert-OH is 1. The molecule has 38 heavy (non-hydrogen) atoms. The smallest absolute Gasteiger partial charge is 0.300 e. The molecular weight excluding hydrogens is 553 g/mol. The summed E-state index contributed by atoms with van der Waals surface area (Å²) in [5.41, 5.74) is 1.05. The number of hydrogen-bond acceptors (Lipinski definition) is 5. The predicted octanol–water partition coefficient (Wildman–Crippen LogP) is 7.02. The third-order valence-corrected chi connectivity index (χ3v) is 6.75. The Morgan fingerprint density at radius 2 is 1.61 bits per heavy atom. The summed E-state index contributed by atoms with van der Waals surface area (Å²) in [7, 11) is 1.51. The molecule has 1 amide bonds. The topological polar surface area (TPSA) is 76.1 Å². The number of ether oxygens (including phenoxy) is 2. The summed E-state index contributed by atoms with van der Waals surface area (Å²) in [5.74, 6) is -0.913. The van der Waals surface area contributed by atoms with Crippen molar-refractivity contribution in [2.45, 2.75) is 6.04 Å². The number of rotatable bonds is 6. The summed E-state index contributed by atoms with van der Waals surface area (Å²) < 4.78 is 25.5. The summed E-state index contributed by atoms with van der Waals surface area (Å²) in [6, 6.07) is 25.2. The third kappa shape index (κ3) is 4.78. The van der Waals surface area contributed by atoms with Gasteiger partial charge in [0.15, 0.2) is 0 Å². The summed E-state index contributed by atoms with van der Waals surface area (Å²) >= 11 is 3.39. The number of ketones is 1. The Hall–Kier alpha value is -4.43. The summed E-state index contributed by atoms with van der Waals surface area (Å²) in [6.07, 6.45) is 0. The molecule has 1 saturated heterocycles. The molecule has 0 spiro atoms. The van der Waals surface area contributed by atoms with E-state index in [-0.39, 0.29) is 11.3 Å². The largest absolute Gasteiger partial charge is 0.507 e. The molecule has 0 aromatic heterocycles. The summed E-state index contributed by atoms with van der Waals surface area (Å²) in [5, 5.41) is 11.4. The van der Waals surface area contributed by atoms with E-state index in [4.69, 9.17) is 9.47 Å². The first kappa shape index (κ1) is 25.2. The maximum Gasteiger partial charge on any atom is 0.300 e. The zero-order valence-corrected chi connectivity index (χ0v) is 21.7. The molecule has 190 valence electrons. The van der Waals surface area contributed by atoms with Crippen molar-refractivity contribution in [3.63, 3.8) is 0 Å². The van der Waals surface area contributed by atoms with E-state index >= 15 is 0 Å². The van der Waals surface area contributed by atoms with E-state index in [1.807, 2.05) is 18.2 Å². The fourth-order valence-electron chi connectivity index (χ4n) is 4.36. The fourth-order valence-corrected chi connectivity index (χ4v) is 4.90. The lowest BCUT2D eigenvalue weighted by Gasteiger charge is -2.26. The van der Waals surface area contributed by atoms with Gasteiger partial charge in [0.2, 0.25) is 0 Å². The molecule has 4 aromatic rings. The molecule has 1 N–H and O–H groups in total. The molecule has 5 rings (SSSR count). The first-order valence-electron chi connectivity index (χ1n) is 11.6. The lowest BCUT2D eigenvalue weighted by molar-refractivity contribution is -0.132. The van der Waals surface area contributed by atoms with Gasteiger partial charge in [-0.3, -0.25) is 14.5 Å². The Labute approximate surface area is 226 Å². The van der Waals surface area contributed by atoms with E-state index < -0.39 is 23.5 Å². The van der Waals surface area contributed by atoms with E-state index in [1.165, 1.54) is 36.3 Å². The van der Waals surface area contributed by atoms with Crippen LogP contribution in [0.2, 0.25) is 0 Å². The van der Waals surface area contributed by atoms with Crippen molar-refractivity contribution < 1.29 is 28.6 Å². The van der Waals surface area contributed by atoms with Crippen molar-refractivity contribution in [2.24, 2.45) is 0 Å². The zero-order valence-electron chi connectivity index (χ0n) is 20.1. The van der Waals surface area contributed by atoms with Crippen LogP contribution in [0.4, 0.5) is 10.1 Å². The predicted molar refractivity (Wildman–Crippen MR) is 145 cm³/mol. The number of anilines is 1. The van der Waals surface area contributed by atoms with Crippen molar-refractivity contribution in [2.75, 3.05) is 12.0 Å². The number of amides is 1. The fraction of sp³-hybridized carbons (Fsp3) is 0.0667. The van der Waals surface area contributed by atoms with Crippen LogP contribution in [0.3, 0.4) is 0 Å². The van der Waals surface area contributed by atoms with E-state index in [0.717, 1.165) is 0 Å². The molecule has 6 nitrogen and oxygen atoms in total. The number of halogens is 2. The van der Waals surface area contributed by atoms with Gasteiger partial charge in [-0.2, -0.15) is 0 Å². The van der Waals surface area contributed by atoms with Gasteiger partial charge in [-0.05, 0) is 88.2 Å². The summed E-state index contributed by atoms with van der Waals surface area (Å²) in [4.78, 5) is 28.0. The average molecular weight is 574 g/mol. The Bertz CT molecular complexity index is 1550. The van der Waals surface area contributed by atoms with Crippen molar-refractivity contribution in [1.82, 2.24) is 0 Å². The molecule has 0 saturated carbocycles. The molecule has 0 aliphatic carbocycles. The minimum absolute atomic E-state index is 0.103. The molecule has 0 radical (unpaired) electrons. The van der Waals surface area contributed by atoms with Crippen LogP contribution in [0.25, 0.3) is 5.76 Å². The van der Waals surface area contributed by atoms with Gasteiger partial charge in [0.05, 0.1) is 23.2 Å². The molecular formula is C30H21BrFNO5. The Balaban J connectivity index is 1.67. The lowest BCUT2D eigenvalue weighted by atomic mass is 9.95. The Morgan fingerprint density at radius 3 is 2.29 bits per heavy atom. The first-order valence-corrected chi connectivity index (χ1v) is 12.4. The molecule has 4 aromatic carbocycles. The van der Waals surface area contributed by atoms with E-state index in [9.17, 15) is 19.1 Å². The zero-order chi connectivity index (χ0) is 26.8. The van der Waals surface area contributed by atoms with Gasteiger partial charge in [0.1, 0.15) is 28.8 Å². The van der Waals surface area contributed by atoms with E-state index in [1.54, 1.807) is 54.6 Å². The Morgan fingerprint density at radius 1 is 0.895 bits per heavy atom. The number of carbonyl (C=O) groups is 2. The third-order valence-electron chi connectivity index (χ3n) is 6.13. The number of aliphatic hydroxyl groups is 1. The highest BCUT2D eigenvalue weighted by atomic mass is 79.9. The molecule has 1 unspecified atom stereocenters. The monoisotopic (exact) mass is 573 g/mol. The van der Waals surface area contributed by atoms with Gasteiger partial charge in [-0.25, -0.2) is 4.39 Å². The number of nitrogens with zero attached hydrogens (tertiary/aromatic N) is 1. The van der Waals surface area contributed by atoms with E-state index in [0.29, 0.717) is 38.5 Å². The van der Waals surface area contributed by atoms with Gasteiger partial charge in [0, 0.05) is 11.3 Å². The van der Waals surface area contributed by atoms with Crippen LogP contribution in [-0.4, -0.2) is 23.9 Å². The van der Waals surface area contributed by atoms with Crippen LogP contribution in [0, 0.1) is 5.82 Å². The minimum atomic E-state index is -0.999. The standard InChI is InChI=1S/C30H21BrFNO5/c1-37-25-15-10-19(17-24(25)31)28(34)26-27(33(30(36)29(26)35)21-13-11-20(32)12-14-21)18-6-5-9-23(16-18)38-22-7-3-2-4-8-22/h2-17,27,34H,1H3/b28-26+. The molecule has 8 heteroatoms. The van der Waals surface area contributed by atoms with Crippen LogP contribution in [0.5, 0.6) is 17.2 Å². The molecule has 1 atom stereocenters. The van der Waals surface area contributed by atoms with Crippen molar-refractivity contribution >= 4 is 39.1 Å². The average Bonchev–Trinajstić information content (AvgIpc) is 3.19.